The molecule has 2 aliphatic carbocycles. The molecule has 0 radical (unpaired) electrons. The first-order chi connectivity index (χ1) is 24.7. The highest BCUT2D eigenvalue weighted by atomic mass is 19.1. The highest BCUT2D eigenvalue weighted by Gasteiger charge is 2.83. The number of rotatable bonds is 8. The smallest absolute Gasteiger partial charge is 0.296 e. The van der Waals surface area contributed by atoms with E-state index in [4.69, 9.17) is 9.47 Å². The van der Waals surface area contributed by atoms with Crippen LogP contribution >= 0.6 is 0 Å². The number of imide groups is 1. The summed E-state index contributed by atoms with van der Waals surface area (Å²) in [6, 6.07) is 34.9. The molecule has 1 saturated carbocycles. The van der Waals surface area contributed by atoms with Gasteiger partial charge in [-0.05, 0) is 69.8 Å². The van der Waals surface area contributed by atoms with Gasteiger partial charge in [0.15, 0.2) is 5.78 Å². The zero-order valence-corrected chi connectivity index (χ0v) is 27.4. The van der Waals surface area contributed by atoms with Crippen molar-refractivity contribution in [2.75, 3.05) is 19.1 Å². The summed E-state index contributed by atoms with van der Waals surface area (Å²) < 4.78 is 25.3. The van der Waals surface area contributed by atoms with E-state index in [0.717, 1.165) is 17.0 Å². The Kier molecular flexibility index (Phi) is 7.23. The van der Waals surface area contributed by atoms with E-state index in [1.807, 2.05) is 24.3 Å². The molecule has 5 aromatic carbocycles. The number of nitrogens with zero attached hydrogens (tertiary/aromatic N) is 2. The molecule has 0 unspecified atom stereocenters. The van der Waals surface area contributed by atoms with Gasteiger partial charge in [-0.1, -0.05) is 84.9 Å². The maximum atomic E-state index is 16.0. The molecule has 0 N–H and O–H groups in total. The summed E-state index contributed by atoms with van der Waals surface area (Å²) >= 11 is 0. The topological polar surface area (TPSA) is 116 Å². The molecule has 10 heteroatoms. The molecular weight excluding hydrogens is 651 g/mol. The number of carbonyl (C=O) groups excluding carboxylic acids is 3. The summed E-state index contributed by atoms with van der Waals surface area (Å²) in [5.41, 5.74) is -1.26. The Morgan fingerprint density at radius 2 is 1.08 bits per heavy atom. The molecule has 51 heavy (non-hydrogen) atoms. The summed E-state index contributed by atoms with van der Waals surface area (Å²) in [5, 5.41) is 12.2. The van der Waals surface area contributed by atoms with E-state index in [-0.39, 0.29) is 11.5 Å². The number of halogens is 1. The third-order valence-corrected chi connectivity index (χ3v) is 10.6. The van der Waals surface area contributed by atoms with Crippen LogP contribution in [-0.2, 0) is 25.2 Å². The van der Waals surface area contributed by atoms with Crippen LogP contribution < -0.4 is 14.4 Å². The van der Waals surface area contributed by atoms with Crippen LogP contribution in [0.25, 0.3) is 11.1 Å². The van der Waals surface area contributed by atoms with Crippen LogP contribution in [0.2, 0.25) is 0 Å². The first-order valence-corrected chi connectivity index (χ1v) is 16.2. The first kappa shape index (κ1) is 31.8. The number of benzene rings is 5. The minimum Gasteiger partial charge on any atom is -0.497 e. The number of ether oxygens (including phenoxy) is 2. The van der Waals surface area contributed by atoms with Gasteiger partial charge in [-0.2, -0.15) is 0 Å². The molecule has 0 aromatic heterocycles. The fourth-order valence-electron chi connectivity index (χ4n) is 8.71. The zero-order valence-electron chi connectivity index (χ0n) is 27.4. The summed E-state index contributed by atoms with van der Waals surface area (Å²) in [7, 11) is 3.09. The summed E-state index contributed by atoms with van der Waals surface area (Å²) in [6.45, 7) is 0. The average molecular weight is 681 g/mol. The van der Waals surface area contributed by atoms with E-state index in [0.29, 0.717) is 51.0 Å². The Bertz CT molecular complexity index is 2160. The number of Topliss-reactive ketones (excluding diaryl/α,β-unsaturated/α-hetero) is 1. The van der Waals surface area contributed by atoms with Crippen molar-refractivity contribution in [2.45, 2.75) is 10.8 Å². The summed E-state index contributed by atoms with van der Waals surface area (Å²) in [5.74, 6) is -4.30. The standard InChI is InChI=1S/C41H29FN2O7/c1-50-29-18-13-24(14-19-29)33-34(25-15-20-30(51-2)21-16-25)41(27-11-7-4-8-12-27)36-35(40(33,39(41)47)26-9-5-3-6-10-26)37(45)43(38(36)46)31-22-17-28(42)23-32(31)44(48)49/h3-23,35-36H,1-2H3/t35-,36-,40-,41-/m1/s1. The van der Waals surface area contributed by atoms with Crippen molar-refractivity contribution in [3.63, 3.8) is 0 Å². The molecule has 1 aliphatic heterocycles. The van der Waals surface area contributed by atoms with Gasteiger partial charge in [0.25, 0.3) is 5.69 Å². The lowest BCUT2D eigenvalue weighted by atomic mass is 9.59. The molecule has 252 valence electrons. The molecule has 5 aromatic rings. The van der Waals surface area contributed by atoms with E-state index in [9.17, 15) is 14.5 Å². The second-order valence-electron chi connectivity index (χ2n) is 12.7. The van der Waals surface area contributed by atoms with Crippen molar-refractivity contribution in [3.8, 4) is 11.5 Å². The van der Waals surface area contributed by atoms with Gasteiger partial charge >= 0.3 is 0 Å². The highest BCUT2D eigenvalue weighted by Crippen LogP contribution is 2.74. The van der Waals surface area contributed by atoms with Crippen LogP contribution in [-0.4, -0.2) is 36.7 Å². The largest absolute Gasteiger partial charge is 0.497 e. The predicted octanol–water partition coefficient (Wildman–Crippen LogP) is 6.94. The number of hydrogen-bond acceptors (Lipinski definition) is 7. The molecule has 4 atom stereocenters. The lowest BCUT2D eigenvalue weighted by Gasteiger charge is -2.39. The Labute approximate surface area is 291 Å². The Morgan fingerprint density at radius 3 is 1.47 bits per heavy atom. The van der Waals surface area contributed by atoms with Gasteiger partial charge in [-0.25, -0.2) is 9.29 Å². The number of allylic oxidation sites excluding steroid dienone is 2. The minimum absolute atomic E-state index is 0.353. The van der Waals surface area contributed by atoms with Gasteiger partial charge in [-0.15, -0.1) is 0 Å². The van der Waals surface area contributed by atoms with Gasteiger partial charge < -0.3 is 9.47 Å². The van der Waals surface area contributed by atoms with Crippen molar-refractivity contribution in [3.05, 3.63) is 166 Å². The van der Waals surface area contributed by atoms with Crippen LogP contribution in [0, 0.1) is 27.8 Å². The van der Waals surface area contributed by atoms with E-state index in [1.54, 1.807) is 99.1 Å². The molecular formula is C41H29FN2O7. The third-order valence-electron chi connectivity index (χ3n) is 10.6. The maximum Gasteiger partial charge on any atom is 0.296 e. The number of anilines is 1. The van der Waals surface area contributed by atoms with Crippen molar-refractivity contribution >= 4 is 40.1 Å². The molecule has 8 rings (SSSR count). The van der Waals surface area contributed by atoms with E-state index in [1.165, 1.54) is 0 Å². The minimum atomic E-state index is -1.73. The monoisotopic (exact) mass is 680 g/mol. The van der Waals surface area contributed by atoms with Crippen LogP contribution in [0.3, 0.4) is 0 Å². The highest BCUT2D eigenvalue weighted by molar-refractivity contribution is 6.39. The molecule has 2 fully saturated rings. The lowest BCUT2D eigenvalue weighted by molar-refractivity contribution is -0.384. The van der Waals surface area contributed by atoms with Crippen LogP contribution in [0.4, 0.5) is 15.8 Å². The number of nitro benzene ring substituents is 1. The van der Waals surface area contributed by atoms with Crippen molar-refractivity contribution in [2.24, 2.45) is 11.8 Å². The summed E-state index contributed by atoms with van der Waals surface area (Å²) in [6.07, 6.45) is 0. The number of hydrogen-bond donors (Lipinski definition) is 0. The van der Waals surface area contributed by atoms with Crippen molar-refractivity contribution < 1.29 is 33.2 Å². The van der Waals surface area contributed by atoms with Gasteiger partial charge in [0, 0.05) is 0 Å². The van der Waals surface area contributed by atoms with E-state index >= 15 is 14.4 Å². The van der Waals surface area contributed by atoms with Gasteiger partial charge in [0.05, 0.1) is 47.9 Å². The van der Waals surface area contributed by atoms with Crippen molar-refractivity contribution in [1.82, 2.24) is 0 Å². The predicted molar refractivity (Wildman–Crippen MR) is 187 cm³/mol. The fraction of sp³-hybridized carbons (Fsp3) is 0.146. The van der Waals surface area contributed by atoms with Crippen LogP contribution in [0.5, 0.6) is 11.5 Å². The molecule has 1 heterocycles. The number of carbonyl (C=O) groups is 3. The quantitative estimate of drug-likeness (QED) is 0.0991. The number of fused-ring (bicyclic) bond motifs is 5. The molecule has 2 bridgehead atoms. The molecule has 3 aliphatic rings. The molecule has 0 spiro atoms. The maximum absolute atomic E-state index is 16.0. The van der Waals surface area contributed by atoms with Gasteiger partial charge in [0.1, 0.15) is 23.0 Å². The SMILES string of the molecule is COc1ccc(C2=C(c3ccc(OC)cc3)[C@@]3(c4ccccc4)C(=O)[C@@]2(c2ccccc2)[C@H]2C(=O)N(c4ccc(F)cc4[N+](=O)[O-])C(=O)[C@@H]23)cc1. The number of nitro groups is 1. The number of methoxy groups -OCH3 is 2. The van der Waals surface area contributed by atoms with E-state index < -0.39 is 50.9 Å². The van der Waals surface area contributed by atoms with E-state index in [2.05, 4.69) is 0 Å². The molecule has 1 saturated heterocycles. The fourth-order valence-corrected chi connectivity index (χ4v) is 8.71. The summed E-state index contributed by atoms with van der Waals surface area (Å²) in [4.78, 5) is 58.5. The van der Waals surface area contributed by atoms with Crippen LogP contribution in [0.1, 0.15) is 22.3 Å². The zero-order chi connectivity index (χ0) is 35.7. The number of ketones is 1. The normalized spacial score (nSPS) is 23.5. The molecule has 2 amide bonds. The van der Waals surface area contributed by atoms with Gasteiger partial charge in [-0.3, -0.25) is 24.5 Å². The van der Waals surface area contributed by atoms with Crippen LogP contribution in [0.15, 0.2) is 127 Å². The average Bonchev–Trinajstić information content (AvgIpc) is 3.67. The van der Waals surface area contributed by atoms with Gasteiger partial charge in [0.2, 0.25) is 11.8 Å². The Morgan fingerprint density at radius 1 is 0.647 bits per heavy atom. The second-order valence-corrected chi connectivity index (χ2v) is 12.7. The third kappa shape index (κ3) is 4.16. The Balaban J connectivity index is 1.54. The number of amides is 2. The Hall–Kier alpha value is -6.42. The molecule has 9 nitrogen and oxygen atoms in total. The van der Waals surface area contributed by atoms with Crippen molar-refractivity contribution in [1.29, 1.82) is 0 Å². The first-order valence-electron chi connectivity index (χ1n) is 16.2. The second kappa shape index (κ2) is 11.6. The lowest BCUT2D eigenvalue weighted by Crippen LogP contribution is -2.45.